The van der Waals surface area contributed by atoms with Crippen molar-refractivity contribution in [2.24, 2.45) is 5.73 Å². The van der Waals surface area contributed by atoms with Crippen LogP contribution in [0.4, 0.5) is 14.4 Å². The van der Waals surface area contributed by atoms with Crippen LogP contribution >= 0.6 is 35.3 Å². The smallest absolute Gasteiger partial charge is 0.286 e. The van der Waals surface area contributed by atoms with E-state index in [1.165, 1.54) is 93.1 Å². The Morgan fingerprint density at radius 1 is 0.593 bits per heavy atom. The number of amides is 3. The molecule has 0 bridgehead atoms. The number of primary amides is 1. The van der Waals surface area contributed by atoms with Gasteiger partial charge in [0.15, 0.2) is 0 Å². The molecule has 27 heavy (non-hydrogen) atoms. The quantitative estimate of drug-likeness (QED) is 0.544. The minimum atomic E-state index is -0.216. The van der Waals surface area contributed by atoms with Crippen LogP contribution in [0.2, 0.25) is 0 Å². The molecule has 3 rings (SSSR count). The summed E-state index contributed by atoms with van der Waals surface area (Å²) in [5, 5.41) is 3.33. The Labute approximate surface area is 175 Å². The third-order valence-electron chi connectivity index (χ3n) is 5.19. The van der Waals surface area contributed by atoms with Gasteiger partial charge in [0.2, 0.25) is 0 Å². The third-order valence-corrected chi connectivity index (χ3v) is 8.47. The SMILES string of the molecule is NC(=O)SC1CCCCC1.O=C(NC(=O)SC1CCCC1)SC1CCCC1. The van der Waals surface area contributed by atoms with Crippen LogP contribution in [-0.2, 0) is 0 Å². The van der Waals surface area contributed by atoms with Crippen LogP contribution in [0.15, 0.2) is 0 Å². The van der Waals surface area contributed by atoms with Crippen molar-refractivity contribution in [3.05, 3.63) is 0 Å². The number of rotatable bonds is 3. The first-order valence-electron chi connectivity index (χ1n) is 10.2. The van der Waals surface area contributed by atoms with Crippen molar-refractivity contribution in [2.45, 2.75) is 99.2 Å². The van der Waals surface area contributed by atoms with Crippen molar-refractivity contribution in [1.82, 2.24) is 5.32 Å². The fourth-order valence-electron chi connectivity index (χ4n) is 3.80. The van der Waals surface area contributed by atoms with Crippen LogP contribution in [0.25, 0.3) is 0 Å². The fourth-order valence-corrected chi connectivity index (χ4v) is 6.81. The van der Waals surface area contributed by atoms with Gasteiger partial charge >= 0.3 is 0 Å². The highest BCUT2D eigenvalue weighted by molar-refractivity contribution is 8.16. The van der Waals surface area contributed by atoms with Gasteiger partial charge in [0, 0.05) is 15.7 Å². The molecule has 0 radical (unpaired) electrons. The Morgan fingerprint density at radius 3 is 1.30 bits per heavy atom. The lowest BCUT2D eigenvalue weighted by atomic mass is 10.0. The highest BCUT2D eigenvalue weighted by Crippen LogP contribution is 2.32. The zero-order chi connectivity index (χ0) is 19.5. The Balaban J connectivity index is 0.000000223. The van der Waals surface area contributed by atoms with Crippen LogP contribution in [0.1, 0.15) is 83.5 Å². The largest absolute Gasteiger partial charge is 0.361 e. The molecule has 3 amide bonds. The van der Waals surface area contributed by atoms with Crippen molar-refractivity contribution in [3.63, 3.8) is 0 Å². The van der Waals surface area contributed by atoms with Crippen LogP contribution in [0.5, 0.6) is 0 Å². The van der Waals surface area contributed by atoms with Crippen LogP contribution in [0.3, 0.4) is 0 Å². The molecule has 154 valence electrons. The van der Waals surface area contributed by atoms with E-state index in [2.05, 4.69) is 5.32 Å². The maximum absolute atomic E-state index is 11.6. The van der Waals surface area contributed by atoms with E-state index in [0.717, 1.165) is 25.7 Å². The molecule has 0 atom stereocenters. The Morgan fingerprint density at radius 2 is 0.926 bits per heavy atom. The highest BCUT2D eigenvalue weighted by atomic mass is 32.2. The maximum Gasteiger partial charge on any atom is 0.286 e. The molecule has 3 aliphatic carbocycles. The van der Waals surface area contributed by atoms with Crippen LogP contribution in [-0.4, -0.2) is 31.5 Å². The molecular formula is C19H32N2O3S3. The first-order valence-corrected chi connectivity index (χ1v) is 12.8. The van der Waals surface area contributed by atoms with Gasteiger partial charge in [-0.2, -0.15) is 0 Å². The second kappa shape index (κ2) is 13.0. The van der Waals surface area contributed by atoms with Gasteiger partial charge < -0.3 is 5.73 Å². The summed E-state index contributed by atoms with van der Waals surface area (Å²) in [5.41, 5.74) is 5.05. The molecule has 3 saturated carbocycles. The van der Waals surface area contributed by atoms with Crippen molar-refractivity contribution < 1.29 is 14.4 Å². The second-order valence-electron chi connectivity index (χ2n) is 7.45. The third kappa shape index (κ3) is 10.1. The predicted octanol–water partition coefficient (Wildman–Crippen LogP) is 6.30. The summed E-state index contributed by atoms with van der Waals surface area (Å²) in [6.07, 6.45) is 15.5. The van der Waals surface area contributed by atoms with Gasteiger partial charge in [0.25, 0.3) is 15.7 Å². The van der Waals surface area contributed by atoms with E-state index in [9.17, 15) is 14.4 Å². The summed E-state index contributed by atoms with van der Waals surface area (Å²) in [4.78, 5) is 33.7. The van der Waals surface area contributed by atoms with Gasteiger partial charge in [-0.3, -0.25) is 19.7 Å². The average Bonchev–Trinajstić information content (AvgIpc) is 3.29. The molecule has 0 aromatic rings. The summed E-state index contributed by atoms with van der Waals surface area (Å²) < 4.78 is 0. The van der Waals surface area contributed by atoms with E-state index in [1.54, 1.807) is 0 Å². The van der Waals surface area contributed by atoms with Gasteiger partial charge in [0.05, 0.1) is 0 Å². The monoisotopic (exact) mass is 432 g/mol. The first kappa shape index (κ1) is 22.9. The lowest BCUT2D eigenvalue weighted by Gasteiger charge is -2.18. The first-order chi connectivity index (χ1) is 13.0. The Bertz CT molecular complexity index is 459. The predicted molar refractivity (Wildman–Crippen MR) is 118 cm³/mol. The summed E-state index contributed by atoms with van der Waals surface area (Å²) in [5.74, 6) is 0. The molecule has 3 fully saturated rings. The molecule has 0 heterocycles. The molecule has 3 aliphatic rings. The summed E-state index contributed by atoms with van der Waals surface area (Å²) in [7, 11) is 0. The zero-order valence-electron chi connectivity index (χ0n) is 16.0. The number of hydrogen-bond acceptors (Lipinski definition) is 6. The van der Waals surface area contributed by atoms with E-state index in [-0.39, 0.29) is 15.7 Å². The number of hydrogen-bond donors (Lipinski definition) is 2. The van der Waals surface area contributed by atoms with Crippen molar-refractivity contribution >= 4 is 51.0 Å². The van der Waals surface area contributed by atoms with Gasteiger partial charge in [0.1, 0.15) is 0 Å². The fraction of sp³-hybridized carbons (Fsp3) is 0.842. The maximum atomic E-state index is 11.6. The molecule has 0 aromatic heterocycles. The Kier molecular flexibility index (Phi) is 11.0. The minimum absolute atomic E-state index is 0.160. The summed E-state index contributed by atoms with van der Waals surface area (Å²) >= 11 is 3.93. The standard InChI is InChI=1S/C12H19NO2S2.C7H13NOS/c14-11(16-9-5-1-2-6-9)13-12(15)17-10-7-3-4-8-10;8-7(9)10-6-4-2-1-3-5-6/h9-10H,1-8H2,(H,13,14,15);6H,1-5H2,(H2,8,9). The van der Waals surface area contributed by atoms with Crippen molar-refractivity contribution in [3.8, 4) is 0 Å². The number of imide groups is 1. The van der Waals surface area contributed by atoms with E-state index < -0.39 is 0 Å². The van der Waals surface area contributed by atoms with Crippen LogP contribution in [0, 0.1) is 0 Å². The van der Waals surface area contributed by atoms with E-state index in [1.807, 2.05) is 0 Å². The lowest BCUT2D eigenvalue weighted by molar-refractivity contribution is 0.250. The van der Waals surface area contributed by atoms with E-state index in [0.29, 0.717) is 15.7 Å². The molecule has 0 spiro atoms. The van der Waals surface area contributed by atoms with Gasteiger partial charge in [-0.1, -0.05) is 80.2 Å². The zero-order valence-corrected chi connectivity index (χ0v) is 18.4. The van der Waals surface area contributed by atoms with E-state index in [4.69, 9.17) is 5.73 Å². The Hall–Kier alpha value is -0.340. The van der Waals surface area contributed by atoms with Crippen molar-refractivity contribution in [2.75, 3.05) is 0 Å². The van der Waals surface area contributed by atoms with Crippen LogP contribution < -0.4 is 11.1 Å². The molecule has 3 N–H and O–H groups in total. The molecule has 0 unspecified atom stereocenters. The number of nitrogens with two attached hydrogens (primary N) is 1. The summed E-state index contributed by atoms with van der Waals surface area (Å²) in [6.45, 7) is 0. The highest BCUT2D eigenvalue weighted by Gasteiger charge is 2.23. The molecular weight excluding hydrogens is 400 g/mol. The van der Waals surface area contributed by atoms with Crippen molar-refractivity contribution in [1.29, 1.82) is 0 Å². The lowest BCUT2D eigenvalue weighted by Crippen LogP contribution is -2.25. The average molecular weight is 433 g/mol. The molecule has 5 nitrogen and oxygen atoms in total. The molecule has 8 heteroatoms. The topological polar surface area (TPSA) is 89.3 Å². The summed E-state index contributed by atoms with van der Waals surface area (Å²) in [6, 6.07) is 0. The molecule has 0 aliphatic heterocycles. The van der Waals surface area contributed by atoms with Gasteiger partial charge in [-0.15, -0.1) is 0 Å². The van der Waals surface area contributed by atoms with Gasteiger partial charge in [-0.05, 0) is 38.5 Å². The minimum Gasteiger partial charge on any atom is -0.361 e. The number of carbonyl (C=O) groups is 3. The van der Waals surface area contributed by atoms with E-state index >= 15 is 0 Å². The molecule has 0 aromatic carbocycles. The number of carbonyl (C=O) groups excluding carboxylic acids is 3. The normalized spacial score (nSPS) is 21.5. The van der Waals surface area contributed by atoms with Gasteiger partial charge in [-0.25, -0.2) is 0 Å². The molecule has 0 saturated heterocycles. The number of thioether (sulfide) groups is 3. The number of nitrogens with one attached hydrogen (secondary N) is 1. The second-order valence-corrected chi connectivity index (χ2v) is 11.3.